The van der Waals surface area contributed by atoms with E-state index in [-0.39, 0.29) is 24.2 Å². The standard InChI is InChI=1S/C24H27N7O2/c32-23(30-12-5-8-20(15-30)24(33)21-9-3-4-11-25-21)17-31-22(26-27-28-31)16-29-13-10-18-6-1-2-7-19(18)14-29/h1-4,6-7,9,11,20H,5,8,10,12-17H2. The highest BCUT2D eigenvalue weighted by Crippen LogP contribution is 2.22. The summed E-state index contributed by atoms with van der Waals surface area (Å²) in [6.45, 7) is 3.51. The number of amides is 1. The highest BCUT2D eigenvalue weighted by molar-refractivity contribution is 5.96. The van der Waals surface area contributed by atoms with Gasteiger partial charge in [0.25, 0.3) is 0 Å². The summed E-state index contributed by atoms with van der Waals surface area (Å²) in [6.07, 6.45) is 4.19. The Morgan fingerprint density at radius 3 is 2.73 bits per heavy atom. The van der Waals surface area contributed by atoms with Gasteiger partial charge in [-0.25, -0.2) is 4.68 Å². The number of piperidine rings is 1. The third-order valence-electron chi connectivity index (χ3n) is 6.53. The first kappa shape index (κ1) is 21.4. The van der Waals surface area contributed by atoms with E-state index in [1.54, 1.807) is 27.9 Å². The summed E-state index contributed by atoms with van der Waals surface area (Å²) in [7, 11) is 0. The average molecular weight is 446 g/mol. The van der Waals surface area contributed by atoms with Crippen molar-refractivity contribution >= 4 is 11.7 Å². The molecular formula is C24H27N7O2. The molecule has 0 N–H and O–H groups in total. The second-order valence-electron chi connectivity index (χ2n) is 8.74. The zero-order valence-corrected chi connectivity index (χ0v) is 18.5. The van der Waals surface area contributed by atoms with Crippen LogP contribution in [0.3, 0.4) is 0 Å². The molecule has 9 heteroatoms. The molecule has 0 saturated carbocycles. The van der Waals surface area contributed by atoms with Gasteiger partial charge >= 0.3 is 0 Å². The minimum absolute atomic E-state index is 0.00147. The lowest BCUT2D eigenvalue weighted by Crippen LogP contribution is -2.44. The monoisotopic (exact) mass is 445 g/mol. The number of likely N-dealkylation sites (tertiary alicyclic amines) is 1. The summed E-state index contributed by atoms with van der Waals surface area (Å²) in [5.41, 5.74) is 3.18. The Morgan fingerprint density at radius 1 is 1.03 bits per heavy atom. The molecule has 1 amide bonds. The Hall–Kier alpha value is -3.46. The first-order chi connectivity index (χ1) is 16.2. The van der Waals surface area contributed by atoms with Gasteiger partial charge in [-0.15, -0.1) is 5.10 Å². The van der Waals surface area contributed by atoms with Crippen LogP contribution in [0.5, 0.6) is 0 Å². The summed E-state index contributed by atoms with van der Waals surface area (Å²) in [6, 6.07) is 13.8. The Bertz CT molecular complexity index is 1130. The lowest BCUT2D eigenvalue weighted by atomic mass is 9.92. The number of ketones is 1. The maximum atomic E-state index is 13.0. The molecule has 4 heterocycles. The van der Waals surface area contributed by atoms with Crippen molar-refractivity contribution in [2.75, 3.05) is 19.6 Å². The second-order valence-corrected chi connectivity index (χ2v) is 8.74. The fourth-order valence-corrected chi connectivity index (χ4v) is 4.71. The van der Waals surface area contributed by atoms with Gasteiger partial charge in [-0.1, -0.05) is 30.3 Å². The number of fused-ring (bicyclic) bond motifs is 1. The summed E-state index contributed by atoms with van der Waals surface area (Å²) in [5.74, 6) is 0.396. The van der Waals surface area contributed by atoms with Gasteiger partial charge in [0.1, 0.15) is 12.2 Å². The van der Waals surface area contributed by atoms with Gasteiger partial charge < -0.3 is 4.90 Å². The van der Waals surface area contributed by atoms with Crippen LogP contribution in [0.1, 0.15) is 40.3 Å². The predicted molar refractivity (Wildman–Crippen MR) is 120 cm³/mol. The number of pyridine rings is 1. The Balaban J connectivity index is 1.20. The number of tetrazole rings is 1. The minimum atomic E-state index is -0.223. The minimum Gasteiger partial charge on any atom is -0.340 e. The number of aromatic nitrogens is 5. The zero-order chi connectivity index (χ0) is 22.6. The molecule has 0 bridgehead atoms. The normalized spacial score (nSPS) is 18.7. The molecule has 33 heavy (non-hydrogen) atoms. The van der Waals surface area contributed by atoms with Crippen molar-refractivity contribution in [1.29, 1.82) is 0 Å². The summed E-state index contributed by atoms with van der Waals surface area (Å²) in [5, 5.41) is 12.1. The fraction of sp³-hybridized carbons (Fsp3) is 0.417. The predicted octanol–water partition coefficient (Wildman–Crippen LogP) is 1.75. The van der Waals surface area contributed by atoms with E-state index in [0.717, 1.165) is 32.4 Å². The van der Waals surface area contributed by atoms with Crippen molar-refractivity contribution in [2.45, 2.75) is 38.9 Å². The zero-order valence-electron chi connectivity index (χ0n) is 18.5. The van der Waals surface area contributed by atoms with Gasteiger partial charge in [-0.2, -0.15) is 0 Å². The van der Waals surface area contributed by atoms with E-state index in [9.17, 15) is 9.59 Å². The quantitative estimate of drug-likeness (QED) is 0.533. The Labute approximate surface area is 192 Å². The molecule has 1 saturated heterocycles. The number of Topliss-reactive ketones (excluding diaryl/α,β-unsaturated/α-hetero) is 1. The van der Waals surface area contributed by atoms with Gasteiger partial charge in [0.2, 0.25) is 5.91 Å². The molecule has 3 aromatic rings. The van der Waals surface area contributed by atoms with E-state index < -0.39 is 0 Å². The number of nitrogens with zero attached hydrogens (tertiary/aromatic N) is 7. The van der Waals surface area contributed by atoms with Crippen LogP contribution in [0, 0.1) is 5.92 Å². The van der Waals surface area contributed by atoms with Crippen LogP contribution in [0.25, 0.3) is 0 Å². The van der Waals surface area contributed by atoms with Crippen LogP contribution in [0.4, 0.5) is 0 Å². The molecule has 0 aliphatic carbocycles. The van der Waals surface area contributed by atoms with Crippen molar-refractivity contribution in [2.24, 2.45) is 5.92 Å². The van der Waals surface area contributed by atoms with Gasteiger partial charge in [0.15, 0.2) is 11.6 Å². The molecule has 2 aliphatic heterocycles. The molecular weight excluding hydrogens is 418 g/mol. The molecule has 1 aromatic carbocycles. The summed E-state index contributed by atoms with van der Waals surface area (Å²) < 4.78 is 1.59. The van der Waals surface area contributed by atoms with E-state index in [4.69, 9.17) is 0 Å². The van der Waals surface area contributed by atoms with Gasteiger partial charge in [-0.3, -0.25) is 19.5 Å². The van der Waals surface area contributed by atoms with Crippen molar-refractivity contribution < 1.29 is 9.59 Å². The molecule has 0 radical (unpaired) electrons. The third kappa shape index (κ3) is 4.83. The SMILES string of the molecule is O=C(c1ccccn1)C1CCCN(C(=O)Cn2nnnc2CN2CCc3ccccc3C2)C1. The van der Waals surface area contributed by atoms with Gasteiger partial charge in [0, 0.05) is 38.3 Å². The topological polar surface area (TPSA) is 97.1 Å². The van der Waals surface area contributed by atoms with Gasteiger partial charge in [-0.05, 0) is 52.9 Å². The van der Waals surface area contributed by atoms with Crippen LogP contribution in [-0.4, -0.2) is 66.3 Å². The van der Waals surface area contributed by atoms with E-state index >= 15 is 0 Å². The summed E-state index contributed by atoms with van der Waals surface area (Å²) >= 11 is 0. The van der Waals surface area contributed by atoms with Crippen LogP contribution >= 0.6 is 0 Å². The number of carbonyl (C=O) groups excluding carboxylic acids is 2. The van der Waals surface area contributed by atoms with E-state index in [1.807, 2.05) is 6.07 Å². The first-order valence-electron chi connectivity index (χ1n) is 11.4. The lowest BCUT2D eigenvalue weighted by molar-refractivity contribution is -0.133. The van der Waals surface area contributed by atoms with E-state index in [0.29, 0.717) is 31.2 Å². The van der Waals surface area contributed by atoms with Crippen molar-refractivity contribution in [3.05, 3.63) is 71.3 Å². The highest BCUT2D eigenvalue weighted by Gasteiger charge is 2.30. The molecule has 2 aliphatic rings. The fourth-order valence-electron chi connectivity index (χ4n) is 4.71. The molecule has 9 nitrogen and oxygen atoms in total. The lowest BCUT2D eigenvalue weighted by Gasteiger charge is -2.32. The maximum Gasteiger partial charge on any atom is 0.244 e. The van der Waals surface area contributed by atoms with E-state index in [2.05, 4.69) is 49.7 Å². The first-order valence-corrected chi connectivity index (χ1v) is 11.4. The second kappa shape index (κ2) is 9.58. The van der Waals surface area contributed by atoms with Crippen molar-refractivity contribution in [3.63, 3.8) is 0 Å². The highest BCUT2D eigenvalue weighted by atomic mass is 16.2. The molecule has 1 fully saturated rings. The molecule has 2 aromatic heterocycles. The number of hydrogen-bond acceptors (Lipinski definition) is 7. The maximum absolute atomic E-state index is 13.0. The van der Waals surface area contributed by atoms with Crippen molar-refractivity contribution in [1.82, 2.24) is 35.0 Å². The van der Waals surface area contributed by atoms with Crippen LogP contribution in [-0.2, 0) is 30.8 Å². The summed E-state index contributed by atoms with van der Waals surface area (Å²) in [4.78, 5) is 34.1. The van der Waals surface area contributed by atoms with Crippen molar-refractivity contribution in [3.8, 4) is 0 Å². The number of hydrogen-bond donors (Lipinski definition) is 0. The smallest absolute Gasteiger partial charge is 0.244 e. The molecule has 0 spiro atoms. The third-order valence-corrected chi connectivity index (χ3v) is 6.53. The Kier molecular flexibility index (Phi) is 6.21. The van der Waals surface area contributed by atoms with Gasteiger partial charge in [0.05, 0.1) is 6.54 Å². The molecule has 5 rings (SSSR count). The number of carbonyl (C=O) groups is 2. The molecule has 1 atom stereocenters. The number of rotatable bonds is 6. The van der Waals surface area contributed by atoms with Crippen LogP contribution in [0.2, 0.25) is 0 Å². The molecule has 1 unspecified atom stereocenters. The molecule has 170 valence electrons. The number of benzene rings is 1. The largest absolute Gasteiger partial charge is 0.340 e. The average Bonchev–Trinajstić information content (AvgIpc) is 3.30. The Morgan fingerprint density at radius 2 is 1.88 bits per heavy atom. The van der Waals surface area contributed by atoms with Crippen LogP contribution in [0.15, 0.2) is 48.7 Å². The van der Waals surface area contributed by atoms with E-state index in [1.165, 1.54) is 11.1 Å². The van der Waals surface area contributed by atoms with Crippen LogP contribution < -0.4 is 0 Å².